The molecule has 2 fully saturated rings. The number of fused-ring (bicyclic) bond motifs is 4. The molecule has 30 heavy (non-hydrogen) atoms. The molecule has 1 aromatic heterocycles. The predicted octanol–water partition coefficient (Wildman–Crippen LogP) is 1.58. The van der Waals surface area contributed by atoms with Gasteiger partial charge in [-0.15, -0.1) is 0 Å². The molecule has 2 N–H and O–H groups in total. The van der Waals surface area contributed by atoms with Crippen LogP contribution in [0.25, 0.3) is 10.9 Å². The number of aromatic amines is 1. The van der Waals surface area contributed by atoms with E-state index in [1.54, 1.807) is 7.11 Å². The van der Waals surface area contributed by atoms with Crippen LogP contribution in [-0.2, 0) is 10.2 Å². The van der Waals surface area contributed by atoms with Gasteiger partial charge in [0.25, 0.3) is 0 Å². The van der Waals surface area contributed by atoms with E-state index in [-0.39, 0.29) is 24.0 Å². The van der Waals surface area contributed by atoms with Crippen LogP contribution in [0.3, 0.4) is 0 Å². The van der Waals surface area contributed by atoms with Crippen molar-refractivity contribution in [3.63, 3.8) is 0 Å². The fraction of sp³-hybridized carbons (Fsp3) is 0.609. The third-order valence-electron chi connectivity index (χ3n) is 6.96. The monoisotopic (exact) mass is 412 g/mol. The summed E-state index contributed by atoms with van der Waals surface area (Å²) in [4.78, 5) is 23.0. The molecule has 2 aliphatic heterocycles. The molecule has 1 aliphatic carbocycles. The van der Waals surface area contributed by atoms with E-state index < -0.39 is 0 Å². The van der Waals surface area contributed by atoms with Crippen LogP contribution < -0.4 is 4.74 Å². The second-order valence-corrected chi connectivity index (χ2v) is 9.68. The van der Waals surface area contributed by atoms with Gasteiger partial charge in [-0.2, -0.15) is 0 Å². The van der Waals surface area contributed by atoms with Gasteiger partial charge < -0.3 is 29.5 Å². The number of aliphatic hydroxyl groups excluding tert-OH is 1. The summed E-state index contributed by atoms with van der Waals surface area (Å²) in [5.41, 5.74) is 3.22. The van der Waals surface area contributed by atoms with E-state index in [1.807, 2.05) is 36.0 Å². The molecule has 162 valence electrons. The Morgan fingerprint density at radius 1 is 1.30 bits per heavy atom. The summed E-state index contributed by atoms with van der Waals surface area (Å²) in [6.45, 7) is 4.04. The SMILES string of the molecule is COc1ccc2c3c([nH]c2c1)[C@@H](CO)N(C(=O)CN(C)C)CC31CN(CC2CC2)C1. The number of H-pyrrole nitrogens is 1. The maximum absolute atomic E-state index is 13.1. The minimum Gasteiger partial charge on any atom is -0.497 e. The lowest BCUT2D eigenvalue weighted by Crippen LogP contribution is -2.67. The number of hydrogen-bond acceptors (Lipinski definition) is 5. The Morgan fingerprint density at radius 2 is 2.07 bits per heavy atom. The van der Waals surface area contributed by atoms with Crippen LogP contribution >= 0.6 is 0 Å². The number of nitrogens with one attached hydrogen (secondary N) is 1. The summed E-state index contributed by atoms with van der Waals surface area (Å²) in [6.07, 6.45) is 2.70. The number of carbonyl (C=O) groups is 1. The molecule has 1 spiro atoms. The zero-order valence-electron chi connectivity index (χ0n) is 18.1. The van der Waals surface area contributed by atoms with E-state index in [9.17, 15) is 9.90 Å². The topological polar surface area (TPSA) is 72.0 Å². The van der Waals surface area contributed by atoms with Crippen molar-refractivity contribution in [1.29, 1.82) is 0 Å². The van der Waals surface area contributed by atoms with Crippen molar-refractivity contribution in [2.45, 2.75) is 24.3 Å². The lowest BCUT2D eigenvalue weighted by Gasteiger charge is -2.56. The van der Waals surface area contributed by atoms with E-state index in [1.165, 1.54) is 30.3 Å². The molecule has 1 saturated carbocycles. The van der Waals surface area contributed by atoms with Crippen molar-refractivity contribution in [1.82, 2.24) is 19.7 Å². The Kier molecular flexibility index (Phi) is 4.80. The highest BCUT2D eigenvalue weighted by Gasteiger charge is 2.54. The van der Waals surface area contributed by atoms with E-state index in [0.29, 0.717) is 13.1 Å². The standard InChI is InChI=1S/C23H32N4O3/c1-25(2)10-20(29)27-14-23(12-26(13-23)9-15-4-5-15)21-17-7-6-16(30-3)8-18(17)24-22(21)19(27)11-28/h6-8,15,19,24,28H,4-5,9-14H2,1-3H3/t19-/m1/s1. The summed E-state index contributed by atoms with van der Waals surface area (Å²) < 4.78 is 5.42. The molecule has 7 heteroatoms. The Morgan fingerprint density at radius 3 is 2.70 bits per heavy atom. The molecule has 1 saturated heterocycles. The molecule has 3 heterocycles. The molecular formula is C23H32N4O3. The van der Waals surface area contributed by atoms with E-state index in [2.05, 4.69) is 16.0 Å². The van der Waals surface area contributed by atoms with Gasteiger partial charge in [0.15, 0.2) is 0 Å². The summed E-state index contributed by atoms with van der Waals surface area (Å²) >= 11 is 0. The molecule has 7 nitrogen and oxygen atoms in total. The molecule has 0 bridgehead atoms. The fourth-order valence-corrected chi connectivity index (χ4v) is 5.49. The average molecular weight is 413 g/mol. The van der Waals surface area contributed by atoms with Gasteiger partial charge in [-0.1, -0.05) is 0 Å². The molecule has 0 unspecified atom stereocenters. The normalized spacial score (nSPS) is 23.1. The van der Waals surface area contributed by atoms with Crippen LogP contribution in [0.1, 0.15) is 30.1 Å². The van der Waals surface area contributed by atoms with Crippen molar-refractivity contribution in [2.24, 2.45) is 5.92 Å². The van der Waals surface area contributed by atoms with Gasteiger partial charge in [-0.05, 0) is 50.6 Å². The number of ether oxygens (including phenoxy) is 1. The minimum absolute atomic E-state index is 0.0703. The summed E-state index contributed by atoms with van der Waals surface area (Å²) in [7, 11) is 5.49. The largest absolute Gasteiger partial charge is 0.497 e. The van der Waals surface area contributed by atoms with Gasteiger partial charge in [0.1, 0.15) is 5.75 Å². The second kappa shape index (κ2) is 7.25. The Balaban J connectivity index is 1.57. The number of aliphatic hydroxyl groups is 1. The van der Waals surface area contributed by atoms with Gasteiger partial charge in [0.2, 0.25) is 5.91 Å². The molecule has 1 aromatic carbocycles. The smallest absolute Gasteiger partial charge is 0.237 e. The molecule has 1 atom stereocenters. The first kappa shape index (κ1) is 19.8. The van der Waals surface area contributed by atoms with Gasteiger partial charge in [0.05, 0.1) is 26.3 Å². The van der Waals surface area contributed by atoms with Crippen molar-refractivity contribution < 1.29 is 14.6 Å². The van der Waals surface area contributed by atoms with E-state index in [0.717, 1.165) is 36.0 Å². The summed E-state index contributed by atoms with van der Waals surface area (Å²) in [6, 6.07) is 5.81. The first-order valence-corrected chi connectivity index (χ1v) is 10.9. The number of nitrogens with zero attached hydrogens (tertiary/aromatic N) is 3. The third kappa shape index (κ3) is 3.20. The number of rotatable bonds is 6. The van der Waals surface area contributed by atoms with Crippen molar-refractivity contribution in [3.05, 3.63) is 29.5 Å². The maximum Gasteiger partial charge on any atom is 0.237 e. The van der Waals surface area contributed by atoms with Crippen LogP contribution in [0.2, 0.25) is 0 Å². The van der Waals surface area contributed by atoms with Crippen LogP contribution in [0.4, 0.5) is 0 Å². The highest BCUT2D eigenvalue weighted by atomic mass is 16.5. The number of carbonyl (C=O) groups excluding carboxylic acids is 1. The lowest BCUT2D eigenvalue weighted by molar-refractivity contribution is -0.139. The third-order valence-corrected chi connectivity index (χ3v) is 6.96. The van der Waals surface area contributed by atoms with Gasteiger partial charge in [-0.25, -0.2) is 0 Å². The number of methoxy groups -OCH3 is 1. The first-order valence-electron chi connectivity index (χ1n) is 10.9. The lowest BCUT2D eigenvalue weighted by atomic mass is 9.68. The summed E-state index contributed by atoms with van der Waals surface area (Å²) in [5.74, 6) is 1.73. The quantitative estimate of drug-likeness (QED) is 0.754. The Hall–Kier alpha value is -2.09. The molecule has 2 aromatic rings. The van der Waals surface area contributed by atoms with Gasteiger partial charge in [0, 0.05) is 54.3 Å². The van der Waals surface area contributed by atoms with Crippen LogP contribution in [0.15, 0.2) is 18.2 Å². The first-order chi connectivity index (χ1) is 14.4. The molecule has 1 amide bonds. The predicted molar refractivity (Wildman–Crippen MR) is 116 cm³/mol. The highest BCUT2D eigenvalue weighted by Crippen LogP contribution is 2.49. The zero-order valence-corrected chi connectivity index (χ0v) is 18.1. The second-order valence-electron chi connectivity index (χ2n) is 9.68. The fourth-order valence-electron chi connectivity index (χ4n) is 5.49. The van der Waals surface area contributed by atoms with E-state index in [4.69, 9.17) is 4.74 Å². The average Bonchev–Trinajstić information content (AvgIpc) is 3.42. The van der Waals surface area contributed by atoms with Crippen LogP contribution in [0, 0.1) is 5.92 Å². The zero-order chi connectivity index (χ0) is 21.0. The number of aromatic nitrogens is 1. The minimum atomic E-state index is -0.339. The van der Waals surface area contributed by atoms with Gasteiger partial charge in [-0.3, -0.25) is 4.79 Å². The number of benzene rings is 1. The van der Waals surface area contributed by atoms with Crippen molar-refractivity contribution in [2.75, 3.05) is 60.5 Å². The number of likely N-dealkylation sites (N-methyl/N-ethyl adjacent to an activating group) is 1. The van der Waals surface area contributed by atoms with Gasteiger partial charge >= 0.3 is 0 Å². The number of hydrogen-bond donors (Lipinski definition) is 2. The Bertz CT molecular complexity index is 959. The van der Waals surface area contributed by atoms with E-state index >= 15 is 0 Å². The molecular weight excluding hydrogens is 380 g/mol. The summed E-state index contributed by atoms with van der Waals surface area (Å²) in [5, 5.41) is 11.5. The maximum atomic E-state index is 13.1. The van der Waals surface area contributed by atoms with Crippen molar-refractivity contribution in [3.8, 4) is 5.75 Å². The van der Waals surface area contributed by atoms with Crippen molar-refractivity contribution >= 4 is 16.8 Å². The van der Waals surface area contributed by atoms with Crippen LogP contribution in [0.5, 0.6) is 5.75 Å². The number of likely N-dealkylation sites (tertiary alicyclic amines) is 1. The highest BCUT2D eigenvalue weighted by molar-refractivity contribution is 5.89. The Labute approximate surface area is 177 Å². The molecule has 5 rings (SSSR count). The molecule has 0 radical (unpaired) electrons. The number of amides is 1. The van der Waals surface area contributed by atoms with Crippen LogP contribution in [-0.4, -0.2) is 91.2 Å². The molecule has 3 aliphatic rings.